The first-order valence-electron chi connectivity index (χ1n) is 14.2. The van der Waals surface area contributed by atoms with E-state index < -0.39 is 63.4 Å². The summed E-state index contributed by atoms with van der Waals surface area (Å²) in [7, 11) is 0. The highest BCUT2D eigenvalue weighted by Crippen LogP contribution is 2.37. The van der Waals surface area contributed by atoms with Crippen LogP contribution in [0.4, 0.5) is 0 Å². The van der Waals surface area contributed by atoms with Crippen molar-refractivity contribution in [2.24, 2.45) is 0 Å². The maximum absolute atomic E-state index is 11.6. The highest BCUT2D eigenvalue weighted by Gasteiger charge is 2.19. The molecule has 2 aromatic rings. The Labute approximate surface area is 168 Å². The van der Waals surface area contributed by atoms with Crippen LogP contribution in [0.1, 0.15) is 47.9 Å². The zero-order valence-electron chi connectivity index (χ0n) is 26.9. The number of nitrogens with zero attached hydrogens (tertiary/aromatic N) is 1. The lowest BCUT2D eigenvalue weighted by Crippen LogP contribution is -2.12. The number of fused-ring (bicyclic) bond motifs is 2. The molecule has 0 atom stereocenters. The molecule has 1 heterocycles. The minimum Gasteiger partial charge on any atom is -0.488 e. The standard InChI is InChI=1S/C21H23NO3/c1-22(2)11-5-8-18-17-7-4-3-6-16(17)14-25-20-10-9-15(12-19(18)20)13-21(23)24/h3-4,6-10,12H,5,11,13-14H2,1-2H3,(H,23,24)/b18-8+/i1D3,2D3,3D,4D,6D,7D,11D2,13D2. The van der Waals surface area contributed by atoms with E-state index in [1.165, 1.54) is 6.07 Å². The number of hydrogen-bond donors (Lipinski definition) is 1. The molecule has 0 spiro atoms. The molecule has 2 aromatic carbocycles. The average molecular weight is 352 g/mol. The lowest BCUT2D eigenvalue weighted by molar-refractivity contribution is -0.136. The van der Waals surface area contributed by atoms with E-state index in [2.05, 4.69) is 0 Å². The second-order valence-corrected chi connectivity index (χ2v) is 5.10. The van der Waals surface area contributed by atoms with Crippen LogP contribution in [0.15, 0.2) is 48.4 Å². The number of hydrogen-bond acceptors (Lipinski definition) is 3. The van der Waals surface area contributed by atoms with Crippen molar-refractivity contribution in [2.45, 2.75) is 19.4 Å². The molecule has 1 N–H and O–H groups in total. The summed E-state index contributed by atoms with van der Waals surface area (Å²) in [4.78, 5) is 11.3. The molecular weight excluding hydrogens is 314 g/mol. The van der Waals surface area contributed by atoms with Crippen molar-refractivity contribution in [3.05, 3.63) is 70.7 Å². The van der Waals surface area contributed by atoms with Crippen molar-refractivity contribution in [1.29, 1.82) is 0 Å². The summed E-state index contributed by atoms with van der Waals surface area (Å²) in [6, 6.07) is 1.17. The van der Waals surface area contributed by atoms with Crippen LogP contribution in [0.25, 0.3) is 5.57 Å². The van der Waals surface area contributed by atoms with Crippen LogP contribution in [-0.2, 0) is 17.8 Å². The molecule has 3 rings (SSSR count). The zero-order valence-corrected chi connectivity index (χ0v) is 12.9. The van der Waals surface area contributed by atoms with E-state index in [0.29, 0.717) is 0 Å². The van der Waals surface area contributed by atoms with Crippen LogP contribution >= 0.6 is 0 Å². The fourth-order valence-corrected chi connectivity index (χ4v) is 2.48. The molecule has 1 aliphatic heterocycles. The third-order valence-electron chi connectivity index (χ3n) is 3.48. The van der Waals surface area contributed by atoms with E-state index in [-0.39, 0.29) is 45.1 Å². The molecule has 0 aliphatic carbocycles. The Bertz CT molecular complexity index is 1330. The third-order valence-corrected chi connectivity index (χ3v) is 3.48. The molecule has 0 saturated heterocycles. The van der Waals surface area contributed by atoms with E-state index in [1.54, 1.807) is 0 Å². The summed E-state index contributed by atoms with van der Waals surface area (Å²) in [6.45, 7) is -10.2. The smallest absolute Gasteiger partial charge is 0.307 e. The number of rotatable bonds is 5. The Balaban J connectivity index is 2.36. The first-order chi connectivity index (χ1) is 17.6. The number of benzene rings is 2. The lowest BCUT2D eigenvalue weighted by atomic mass is 9.92. The van der Waals surface area contributed by atoms with E-state index >= 15 is 0 Å². The molecule has 0 saturated carbocycles. The number of carbonyl (C=O) groups is 1. The molecule has 4 heteroatoms. The number of carboxylic acids is 1. The zero-order chi connectivity index (χ0) is 29.9. The fourth-order valence-electron chi connectivity index (χ4n) is 2.48. The number of carboxylic acid groups (broad SMARTS) is 1. The molecule has 1 aliphatic rings. The molecule has 25 heavy (non-hydrogen) atoms. The van der Waals surface area contributed by atoms with Crippen molar-refractivity contribution in [3.8, 4) is 5.75 Å². The molecule has 0 unspecified atom stereocenters. The van der Waals surface area contributed by atoms with Gasteiger partial charge in [-0.05, 0) is 54.8 Å². The second-order valence-electron chi connectivity index (χ2n) is 5.10. The maximum Gasteiger partial charge on any atom is 0.307 e. The van der Waals surface area contributed by atoms with Crippen LogP contribution in [0.2, 0.25) is 0 Å². The largest absolute Gasteiger partial charge is 0.488 e. The predicted molar refractivity (Wildman–Crippen MR) is 98.8 cm³/mol. The van der Waals surface area contributed by atoms with Crippen molar-refractivity contribution in [1.82, 2.24) is 4.90 Å². The van der Waals surface area contributed by atoms with Gasteiger partial charge in [-0.2, -0.15) is 0 Å². The summed E-state index contributed by atoms with van der Waals surface area (Å²) in [5.74, 6) is -1.81. The Morgan fingerprint density at radius 1 is 1.40 bits per heavy atom. The van der Waals surface area contributed by atoms with Gasteiger partial charge in [0.05, 0.1) is 11.9 Å². The minimum absolute atomic E-state index is 0.00306. The number of aliphatic carboxylic acids is 1. The highest BCUT2D eigenvalue weighted by molar-refractivity contribution is 5.85. The summed E-state index contributed by atoms with van der Waals surface area (Å²) < 4.78 is 117. The first kappa shape index (κ1) is 6.96. The Kier molecular flexibility index (Phi) is 2.10. The van der Waals surface area contributed by atoms with Crippen molar-refractivity contribution < 1.29 is 33.8 Å². The topological polar surface area (TPSA) is 49.8 Å². The maximum atomic E-state index is 11.6. The van der Waals surface area contributed by atoms with Gasteiger partial charge in [-0.15, -0.1) is 0 Å². The van der Waals surface area contributed by atoms with E-state index in [9.17, 15) is 9.90 Å². The van der Waals surface area contributed by atoms with Crippen LogP contribution in [0, 0.1) is 0 Å². The van der Waals surface area contributed by atoms with Crippen molar-refractivity contribution >= 4 is 11.5 Å². The molecule has 0 amide bonds. The van der Waals surface area contributed by atoms with Crippen LogP contribution in [0.5, 0.6) is 5.75 Å². The molecule has 4 nitrogen and oxygen atoms in total. The van der Waals surface area contributed by atoms with Gasteiger partial charge in [-0.25, -0.2) is 0 Å². The van der Waals surface area contributed by atoms with Crippen LogP contribution < -0.4 is 4.74 Å². The summed E-state index contributed by atoms with van der Waals surface area (Å²) in [5.41, 5.74) is -0.783. The van der Waals surface area contributed by atoms with Gasteiger partial charge in [0.25, 0.3) is 0 Å². The van der Waals surface area contributed by atoms with Gasteiger partial charge in [-0.3, -0.25) is 4.79 Å². The van der Waals surface area contributed by atoms with Gasteiger partial charge in [0.2, 0.25) is 0 Å². The van der Waals surface area contributed by atoms with Gasteiger partial charge in [0.1, 0.15) is 12.4 Å². The van der Waals surface area contributed by atoms with Gasteiger partial charge < -0.3 is 14.7 Å². The van der Waals surface area contributed by atoms with Crippen LogP contribution in [-0.4, -0.2) is 36.4 Å². The van der Waals surface area contributed by atoms with E-state index in [0.717, 1.165) is 18.2 Å². The van der Waals surface area contributed by atoms with Crippen molar-refractivity contribution in [3.63, 3.8) is 0 Å². The fraction of sp³-hybridized carbons (Fsp3) is 0.286. The van der Waals surface area contributed by atoms with Crippen molar-refractivity contribution in [2.75, 3.05) is 20.4 Å². The van der Waals surface area contributed by atoms with E-state index in [1.807, 2.05) is 0 Å². The monoisotopic (exact) mass is 351 g/mol. The summed E-state index contributed by atoms with van der Waals surface area (Å²) >= 11 is 0. The second kappa shape index (κ2) is 7.53. The Hall–Kier alpha value is -2.59. The Morgan fingerprint density at radius 3 is 3.04 bits per heavy atom. The third kappa shape index (κ3) is 4.09. The predicted octanol–water partition coefficient (Wildman–Crippen LogP) is 3.59. The number of ether oxygens (including phenoxy) is 1. The minimum atomic E-state index is -3.39. The molecule has 0 radical (unpaired) electrons. The van der Waals surface area contributed by atoms with Gasteiger partial charge in [-0.1, -0.05) is 36.3 Å². The quantitative estimate of drug-likeness (QED) is 0.894. The molecule has 0 fully saturated rings. The first-order valence-corrected chi connectivity index (χ1v) is 7.23. The average Bonchev–Trinajstić information content (AvgIpc) is 2.94. The highest BCUT2D eigenvalue weighted by atomic mass is 16.5. The van der Waals surface area contributed by atoms with Crippen LogP contribution in [0.3, 0.4) is 0 Å². The molecule has 0 bridgehead atoms. The molecule has 0 aromatic heterocycles. The molecule has 130 valence electrons. The normalized spacial score (nSPS) is 24.9. The SMILES string of the molecule is [2H]c1c([2H])c([2H])c2c(c1[2H])COc1ccc(C([2H])([2H])C(=O)O)cc1/C2=C/CC([2H])([2H])N(C([2H])([2H])[2H])C([2H])([2H])[2H]. The lowest BCUT2D eigenvalue weighted by Gasteiger charge is -2.13. The summed E-state index contributed by atoms with van der Waals surface area (Å²) in [6.07, 6.45) is -2.76. The van der Waals surface area contributed by atoms with Gasteiger partial charge in [0.15, 0.2) is 0 Å². The molecular formula is C21H23NO3. The van der Waals surface area contributed by atoms with Gasteiger partial charge >= 0.3 is 5.97 Å². The Morgan fingerprint density at radius 2 is 2.24 bits per heavy atom. The van der Waals surface area contributed by atoms with Gasteiger partial charge in [0, 0.05) is 25.8 Å². The van der Waals surface area contributed by atoms with E-state index in [4.69, 9.17) is 23.9 Å². The summed E-state index contributed by atoms with van der Waals surface area (Å²) in [5, 5.41) is 9.37.